The number of nitrogens with zero attached hydrogens (tertiary/aromatic N) is 4. The lowest BCUT2D eigenvalue weighted by atomic mass is 10.2. The summed E-state index contributed by atoms with van der Waals surface area (Å²) >= 11 is 1.75. The highest BCUT2D eigenvalue weighted by Crippen LogP contribution is 2.40. The van der Waals surface area contributed by atoms with Crippen molar-refractivity contribution in [2.75, 3.05) is 13.1 Å². The molecule has 0 bridgehead atoms. The van der Waals surface area contributed by atoms with Gasteiger partial charge in [-0.15, -0.1) is 10.2 Å². The van der Waals surface area contributed by atoms with Gasteiger partial charge in [0.15, 0.2) is 5.16 Å². The third-order valence-electron chi connectivity index (χ3n) is 4.07. The Morgan fingerprint density at radius 2 is 2.04 bits per heavy atom. The fourth-order valence-electron chi connectivity index (χ4n) is 2.79. The quantitative estimate of drug-likeness (QED) is 0.843. The van der Waals surface area contributed by atoms with Gasteiger partial charge < -0.3 is 14.2 Å². The standard InChI is InChI=1S/C16H26N4O2S/c1-5-20-13(11-6-7-11)17-18-14(20)23-12-8-9-19(10-12)15(21)22-16(2,3)4/h11-12H,5-10H2,1-4H3. The van der Waals surface area contributed by atoms with Crippen LogP contribution in [0.1, 0.15) is 58.7 Å². The molecule has 1 aromatic heterocycles. The molecule has 2 heterocycles. The summed E-state index contributed by atoms with van der Waals surface area (Å²) in [5, 5.41) is 10.1. The van der Waals surface area contributed by atoms with E-state index in [9.17, 15) is 4.79 Å². The summed E-state index contributed by atoms with van der Waals surface area (Å²) in [5.41, 5.74) is -0.441. The van der Waals surface area contributed by atoms with E-state index in [1.807, 2.05) is 20.8 Å². The van der Waals surface area contributed by atoms with Crippen LogP contribution in [0.15, 0.2) is 5.16 Å². The van der Waals surface area contributed by atoms with E-state index in [0.717, 1.165) is 37.0 Å². The summed E-state index contributed by atoms with van der Waals surface area (Å²) in [6.07, 6.45) is 3.23. The van der Waals surface area contributed by atoms with Gasteiger partial charge in [-0.25, -0.2) is 4.79 Å². The first-order valence-corrected chi connectivity index (χ1v) is 9.33. The maximum Gasteiger partial charge on any atom is 0.410 e. The molecule has 1 unspecified atom stereocenters. The highest BCUT2D eigenvalue weighted by Gasteiger charge is 2.33. The Morgan fingerprint density at radius 1 is 1.30 bits per heavy atom. The average molecular weight is 338 g/mol. The zero-order valence-electron chi connectivity index (χ0n) is 14.4. The molecular weight excluding hydrogens is 312 g/mol. The molecule has 3 rings (SSSR count). The van der Waals surface area contributed by atoms with Crippen molar-refractivity contribution in [2.45, 2.75) is 75.4 Å². The van der Waals surface area contributed by atoms with Crippen molar-refractivity contribution < 1.29 is 9.53 Å². The maximum absolute atomic E-state index is 12.1. The van der Waals surface area contributed by atoms with Crippen LogP contribution in [0.3, 0.4) is 0 Å². The van der Waals surface area contributed by atoms with Crippen molar-refractivity contribution in [1.29, 1.82) is 0 Å². The molecule has 1 atom stereocenters. The number of hydrogen-bond acceptors (Lipinski definition) is 5. The van der Waals surface area contributed by atoms with E-state index in [0.29, 0.717) is 11.2 Å². The summed E-state index contributed by atoms with van der Waals surface area (Å²) in [4.78, 5) is 13.9. The molecule has 23 heavy (non-hydrogen) atoms. The van der Waals surface area contributed by atoms with Crippen LogP contribution >= 0.6 is 11.8 Å². The third-order valence-corrected chi connectivity index (χ3v) is 5.30. The minimum Gasteiger partial charge on any atom is -0.444 e. The predicted octanol–water partition coefficient (Wildman–Crippen LogP) is 3.28. The first-order chi connectivity index (χ1) is 10.9. The molecule has 0 N–H and O–H groups in total. The maximum atomic E-state index is 12.1. The number of hydrogen-bond donors (Lipinski definition) is 0. The average Bonchev–Trinajstić information content (AvgIpc) is 3.06. The number of thioether (sulfide) groups is 1. The molecule has 1 saturated carbocycles. The number of amides is 1. The molecular formula is C16H26N4O2S. The number of aromatic nitrogens is 3. The molecule has 2 fully saturated rings. The van der Waals surface area contributed by atoms with Gasteiger partial charge in [-0.1, -0.05) is 11.8 Å². The van der Waals surface area contributed by atoms with Crippen LogP contribution in [-0.4, -0.2) is 49.7 Å². The van der Waals surface area contributed by atoms with E-state index in [1.54, 1.807) is 16.7 Å². The lowest BCUT2D eigenvalue weighted by molar-refractivity contribution is 0.0295. The second-order valence-electron chi connectivity index (χ2n) is 7.31. The number of rotatable bonds is 4. The van der Waals surface area contributed by atoms with Crippen LogP contribution < -0.4 is 0 Å². The van der Waals surface area contributed by atoms with Crippen molar-refractivity contribution in [1.82, 2.24) is 19.7 Å². The highest BCUT2D eigenvalue weighted by molar-refractivity contribution is 7.99. The van der Waals surface area contributed by atoms with E-state index in [1.165, 1.54) is 12.8 Å². The van der Waals surface area contributed by atoms with Crippen LogP contribution in [0.4, 0.5) is 4.79 Å². The van der Waals surface area contributed by atoms with Crippen LogP contribution in [0.2, 0.25) is 0 Å². The lowest BCUT2D eigenvalue weighted by Gasteiger charge is -2.24. The molecule has 2 aliphatic rings. The molecule has 0 spiro atoms. The van der Waals surface area contributed by atoms with E-state index in [4.69, 9.17) is 4.74 Å². The monoisotopic (exact) mass is 338 g/mol. The summed E-state index contributed by atoms with van der Waals surface area (Å²) in [5.74, 6) is 1.75. The molecule has 0 radical (unpaired) electrons. The van der Waals surface area contributed by atoms with Gasteiger partial charge in [0.1, 0.15) is 11.4 Å². The van der Waals surface area contributed by atoms with Crippen molar-refractivity contribution >= 4 is 17.9 Å². The zero-order valence-corrected chi connectivity index (χ0v) is 15.2. The Hall–Kier alpha value is -1.24. The highest BCUT2D eigenvalue weighted by atomic mass is 32.2. The van der Waals surface area contributed by atoms with Crippen molar-refractivity contribution in [2.24, 2.45) is 0 Å². The Morgan fingerprint density at radius 3 is 2.65 bits per heavy atom. The van der Waals surface area contributed by atoms with Crippen molar-refractivity contribution in [3.8, 4) is 0 Å². The number of likely N-dealkylation sites (tertiary alicyclic amines) is 1. The number of ether oxygens (including phenoxy) is 1. The van der Waals surface area contributed by atoms with Gasteiger partial charge in [-0.3, -0.25) is 0 Å². The topological polar surface area (TPSA) is 60.2 Å². The fourth-order valence-corrected chi connectivity index (χ4v) is 4.01. The van der Waals surface area contributed by atoms with E-state index in [-0.39, 0.29) is 6.09 Å². The van der Waals surface area contributed by atoms with Crippen LogP contribution in [0.25, 0.3) is 0 Å². The summed E-state index contributed by atoms with van der Waals surface area (Å²) in [7, 11) is 0. The third kappa shape index (κ3) is 4.00. The van der Waals surface area contributed by atoms with Gasteiger partial charge in [0.25, 0.3) is 0 Å². The van der Waals surface area contributed by atoms with E-state index < -0.39 is 5.60 Å². The summed E-state index contributed by atoms with van der Waals surface area (Å²) in [6, 6.07) is 0. The van der Waals surface area contributed by atoms with Gasteiger partial charge in [0.2, 0.25) is 0 Å². The number of carbonyl (C=O) groups is 1. The van der Waals surface area contributed by atoms with Crippen LogP contribution in [0, 0.1) is 0 Å². The van der Waals surface area contributed by atoms with E-state index >= 15 is 0 Å². The fraction of sp³-hybridized carbons (Fsp3) is 0.812. The summed E-state index contributed by atoms with van der Waals surface area (Å²) < 4.78 is 7.69. The smallest absolute Gasteiger partial charge is 0.410 e. The molecule has 1 amide bonds. The zero-order chi connectivity index (χ0) is 16.6. The Labute approximate surface area is 142 Å². The van der Waals surface area contributed by atoms with Gasteiger partial charge in [-0.2, -0.15) is 0 Å². The SMILES string of the molecule is CCn1c(SC2CCN(C(=O)OC(C)(C)C)C2)nnc1C1CC1. The second-order valence-corrected chi connectivity index (χ2v) is 8.58. The minimum absolute atomic E-state index is 0.212. The molecule has 1 saturated heterocycles. The lowest BCUT2D eigenvalue weighted by Crippen LogP contribution is -2.35. The Balaban J connectivity index is 1.59. The molecule has 128 valence electrons. The van der Waals surface area contributed by atoms with Crippen molar-refractivity contribution in [3.63, 3.8) is 0 Å². The first kappa shape index (κ1) is 16.6. The Kier molecular flexibility index (Phi) is 4.58. The van der Waals surface area contributed by atoms with Crippen LogP contribution in [-0.2, 0) is 11.3 Å². The minimum atomic E-state index is -0.441. The van der Waals surface area contributed by atoms with Crippen molar-refractivity contribution in [3.05, 3.63) is 5.82 Å². The predicted molar refractivity (Wildman–Crippen MR) is 89.7 cm³/mol. The largest absolute Gasteiger partial charge is 0.444 e. The van der Waals surface area contributed by atoms with Gasteiger partial charge in [0, 0.05) is 30.8 Å². The normalized spacial score (nSPS) is 21.7. The molecule has 1 aliphatic carbocycles. The molecule has 1 aliphatic heterocycles. The number of carbonyl (C=O) groups excluding carboxylic acids is 1. The molecule has 1 aromatic rings. The van der Waals surface area contributed by atoms with Gasteiger partial charge in [0.05, 0.1) is 0 Å². The van der Waals surface area contributed by atoms with Gasteiger partial charge >= 0.3 is 6.09 Å². The second kappa shape index (κ2) is 6.34. The van der Waals surface area contributed by atoms with E-state index in [2.05, 4.69) is 21.7 Å². The molecule has 6 nitrogen and oxygen atoms in total. The van der Waals surface area contributed by atoms with Crippen LogP contribution in [0.5, 0.6) is 0 Å². The first-order valence-electron chi connectivity index (χ1n) is 8.45. The molecule has 0 aromatic carbocycles. The Bertz CT molecular complexity index is 577. The summed E-state index contributed by atoms with van der Waals surface area (Å²) in [6.45, 7) is 10.2. The van der Waals surface area contributed by atoms with Gasteiger partial charge in [-0.05, 0) is 47.0 Å². The molecule has 7 heteroatoms.